The molecule has 0 aliphatic rings. The lowest BCUT2D eigenvalue weighted by Gasteiger charge is -2.22. The molecule has 0 aliphatic heterocycles. The van der Waals surface area contributed by atoms with E-state index in [2.05, 4.69) is 71.6 Å². The fourth-order valence-electron chi connectivity index (χ4n) is 2.23. The van der Waals surface area contributed by atoms with Crippen molar-refractivity contribution in [3.63, 3.8) is 0 Å². The highest BCUT2D eigenvalue weighted by molar-refractivity contribution is 14.0. The molecule has 0 bridgehead atoms. The van der Waals surface area contributed by atoms with Gasteiger partial charge in [-0.05, 0) is 37.8 Å². The Hall–Kier alpha value is -0.800. The largest absolute Gasteiger partial charge is 0.350 e. The molecule has 2 aromatic rings. The van der Waals surface area contributed by atoms with Crippen LogP contribution in [-0.4, -0.2) is 36.2 Å². The zero-order chi connectivity index (χ0) is 16.8. The van der Waals surface area contributed by atoms with Crippen LogP contribution in [0.1, 0.15) is 21.1 Å². The average Bonchev–Trinajstić information content (AvgIpc) is 2.87. The van der Waals surface area contributed by atoms with Gasteiger partial charge in [-0.1, -0.05) is 12.1 Å². The Morgan fingerprint density at radius 2 is 1.96 bits per heavy atom. The van der Waals surface area contributed by atoms with Gasteiger partial charge in [-0.3, -0.25) is 4.99 Å². The molecule has 4 nitrogen and oxygen atoms in total. The topological polar surface area (TPSA) is 40.5 Å². The second-order valence-corrected chi connectivity index (χ2v) is 7.52. The number of hydrogen-bond donors (Lipinski definition) is 1. The fraction of sp³-hybridized carbons (Fsp3) is 0.412. The van der Waals surface area contributed by atoms with Crippen LogP contribution in [0.5, 0.6) is 0 Å². The number of nitrogens with zero attached hydrogens (tertiary/aromatic N) is 3. The molecule has 1 heterocycles. The first-order valence-electron chi connectivity index (χ1n) is 7.51. The van der Waals surface area contributed by atoms with Gasteiger partial charge >= 0.3 is 0 Å². The molecule has 132 valence electrons. The minimum absolute atomic E-state index is 0. The molecule has 0 amide bonds. The van der Waals surface area contributed by atoms with Crippen LogP contribution in [-0.2, 0) is 13.1 Å². The molecule has 0 unspecified atom stereocenters. The molecule has 24 heavy (non-hydrogen) atoms. The number of thiazole rings is 1. The Morgan fingerprint density at radius 3 is 2.46 bits per heavy atom. The minimum Gasteiger partial charge on any atom is -0.350 e. The van der Waals surface area contributed by atoms with E-state index in [1.54, 1.807) is 23.1 Å². The van der Waals surface area contributed by atoms with E-state index in [-0.39, 0.29) is 24.0 Å². The number of nitrogens with one attached hydrogen (secondary N) is 1. The van der Waals surface area contributed by atoms with Gasteiger partial charge < -0.3 is 10.2 Å². The third-order valence-electron chi connectivity index (χ3n) is 3.62. The summed E-state index contributed by atoms with van der Waals surface area (Å²) in [5, 5.41) is 4.48. The number of rotatable bonds is 5. The van der Waals surface area contributed by atoms with Crippen molar-refractivity contribution < 1.29 is 0 Å². The number of aromatic nitrogens is 1. The SMILES string of the molecule is CN=C(NCc1nc(C)c(C)s1)N(C)Cc1ccc(SC)cc1.I. The van der Waals surface area contributed by atoms with E-state index in [9.17, 15) is 0 Å². The van der Waals surface area contributed by atoms with Crippen LogP contribution in [0.4, 0.5) is 0 Å². The second kappa shape index (κ2) is 10.2. The van der Waals surface area contributed by atoms with Crippen molar-refractivity contribution >= 4 is 53.0 Å². The highest BCUT2D eigenvalue weighted by Crippen LogP contribution is 2.17. The summed E-state index contributed by atoms with van der Waals surface area (Å²) in [6.07, 6.45) is 2.09. The van der Waals surface area contributed by atoms with Crippen molar-refractivity contribution in [1.82, 2.24) is 15.2 Å². The molecule has 2 rings (SSSR count). The van der Waals surface area contributed by atoms with Crippen molar-refractivity contribution in [2.24, 2.45) is 4.99 Å². The lowest BCUT2D eigenvalue weighted by molar-refractivity contribution is 0.476. The molecule has 1 aromatic carbocycles. The smallest absolute Gasteiger partial charge is 0.194 e. The molecule has 0 atom stereocenters. The number of hydrogen-bond acceptors (Lipinski definition) is 4. The lowest BCUT2D eigenvalue weighted by atomic mass is 10.2. The van der Waals surface area contributed by atoms with Crippen LogP contribution in [0.15, 0.2) is 34.2 Å². The number of benzene rings is 1. The highest BCUT2D eigenvalue weighted by Gasteiger charge is 2.09. The van der Waals surface area contributed by atoms with E-state index >= 15 is 0 Å². The number of thioether (sulfide) groups is 1. The zero-order valence-corrected chi connectivity index (χ0v) is 18.8. The molecule has 0 spiro atoms. The normalized spacial score (nSPS) is 11.1. The quantitative estimate of drug-likeness (QED) is 0.302. The van der Waals surface area contributed by atoms with Gasteiger partial charge in [0.25, 0.3) is 0 Å². The van der Waals surface area contributed by atoms with Crippen molar-refractivity contribution in [1.29, 1.82) is 0 Å². The summed E-state index contributed by atoms with van der Waals surface area (Å²) < 4.78 is 0. The molecule has 7 heteroatoms. The summed E-state index contributed by atoms with van der Waals surface area (Å²) in [6.45, 7) is 5.69. The molecule has 0 saturated carbocycles. The summed E-state index contributed by atoms with van der Waals surface area (Å²) in [5.41, 5.74) is 2.39. The summed E-state index contributed by atoms with van der Waals surface area (Å²) in [7, 11) is 3.87. The van der Waals surface area contributed by atoms with Gasteiger partial charge in [-0.2, -0.15) is 0 Å². The van der Waals surface area contributed by atoms with Crippen LogP contribution < -0.4 is 5.32 Å². The van der Waals surface area contributed by atoms with E-state index in [0.29, 0.717) is 6.54 Å². The maximum atomic E-state index is 4.56. The lowest BCUT2D eigenvalue weighted by Crippen LogP contribution is -2.38. The molecule has 0 fully saturated rings. The summed E-state index contributed by atoms with van der Waals surface area (Å²) >= 11 is 3.50. The summed E-state index contributed by atoms with van der Waals surface area (Å²) in [4.78, 5) is 13.6. The number of aryl methyl sites for hydroxylation is 2. The third kappa shape index (κ3) is 5.93. The van der Waals surface area contributed by atoms with Gasteiger partial charge in [0, 0.05) is 30.4 Å². The van der Waals surface area contributed by atoms with Crippen molar-refractivity contribution in [3.05, 3.63) is 45.4 Å². The maximum absolute atomic E-state index is 4.56. The molecular formula is C17H25IN4S2. The van der Waals surface area contributed by atoms with Gasteiger partial charge in [0.15, 0.2) is 5.96 Å². The van der Waals surface area contributed by atoms with Crippen molar-refractivity contribution in [2.45, 2.75) is 31.8 Å². The Bertz CT molecular complexity index is 648. The number of aliphatic imine (C=N–C) groups is 1. The number of halogens is 1. The predicted molar refractivity (Wildman–Crippen MR) is 117 cm³/mol. The first-order valence-corrected chi connectivity index (χ1v) is 9.55. The van der Waals surface area contributed by atoms with E-state index in [1.165, 1.54) is 15.3 Å². The highest BCUT2D eigenvalue weighted by atomic mass is 127. The molecule has 0 radical (unpaired) electrons. The molecule has 1 N–H and O–H groups in total. The van der Waals surface area contributed by atoms with E-state index < -0.39 is 0 Å². The van der Waals surface area contributed by atoms with E-state index in [1.807, 2.05) is 7.05 Å². The standard InChI is InChI=1S/C17H24N4S2.HI/c1-12-13(2)23-16(20-12)10-19-17(18-3)21(4)11-14-6-8-15(22-5)9-7-14;/h6-9H,10-11H2,1-5H3,(H,18,19);1H. The molecular weight excluding hydrogens is 451 g/mol. The molecule has 0 aliphatic carbocycles. The first kappa shape index (κ1) is 21.2. The Kier molecular flexibility index (Phi) is 9.07. The van der Waals surface area contributed by atoms with Gasteiger partial charge in [-0.15, -0.1) is 47.1 Å². The van der Waals surface area contributed by atoms with Gasteiger partial charge in [0.2, 0.25) is 0 Å². The monoisotopic (exact) mass is 476 g/mol. The molecule has 0 saturated heterocycles. The van der Waals surface area contributed by atoms with E-state index in [4.69, 9.17) is 0 Å². The zero-order valence-electron chi connectivity index (χ0n) is 14.8. The Labute approximate surface area is 170 Å². The van der Waals surface area contributed by atoms with Gasteiger partial charge in [-0.25, -0.2) is 4.98 Å². The summed E-state index contributed by atoms with van der Waals surface area (Å²) in [6, 6.07) is 8.66. The van der Waals surface area contributed by atoms with Gasteiger partial charge in [0.05, 0.1) is 12.2 Å². The first-order chi connectivity index (χ1) is 11.0. The van der Waals surface area contributed by atoms with Crippen LogP contribution in [0.25, 0.3) is 0 Å². The third-order valence-corrected chi connectivity index (χ3v) is 5.44. The predicted octanol–water partition coefficient (Wildman–Crippen LogP) is 4.31. The van der Waals surface area contributed by atoms with Crippen LogP contribution in [0.2, 0.25) is 0 Å². The maximum Gasteiger partial charge on any atom is 0.194 e. The average molecular weight is 476 g/mol. The van der Waals surface area contributed by atoms with E-state index in [0.717, 1.165) is 23.2 Å². The van der Waals surface area contributed by atoms with Crippen LogP contribution in [0.3, 0.4) is 0 Å². The van der Waals surface area contributed by atoms with Crippen molar-refractivity contribution in [2.75, 3.05) is 20.4 Å². The second-order valence-electron chi connectivity index (χ2n) is 5.35. The van der Waals surface area contributed by atoms with Gasteiger partial charge in [0.1, 0.15) is 5.01 Å². The minimum atomic E-state index is 0. The van der Waals surface area contributed by atoms with Crippen molar-refractivity contribution in [3.8, 4) is 0 Å². The Balaban J connectivity index is 0.00000288. The van der Waals surface area contributed by atoms with Crippen LogP contribution in [0, 0.1) is 13.8 Å². The van der Waals surface area contributed by atoms with Crippen LogP contribution >= 0.6 is 47.1 Å². The summed E-state index contributed by atoms with van der Waals surface area (Å²) in [5.74, 6) is 0.879. The molecule has 1 aromatic heterocycles. The Morgan fingerprint density at radius 1 is 1.29 bits per heavy atom. The number of guanidine groups is 1. The fourth-order valence-corrected chi connectivity index (χ4v) is 3.52.